The van der Waals surface area contributed by atoms with Crippen LogP contribution in [-0.4, -0.2) is 50.2 Å². The summed E-state index contributed by atoms with van der Waals surface area (Å²) < 4.78 is 0. The molecule has 0 aromatic carbocycles. The lowest BCUT2D eigenvalue weighted by Gasteiger charge is -2.19. The van der Waals surface area contributed by atoms with Crippen molar-refractivity contribution in [3.05, 3.63) is 5.82 Å². The zero-order chi connectivity index (χ0) is 12.6. The van der Waals surface area contributed by atoms with E-state index >= 15 is 0 Å². The van der Waals surface area contributed by atoms with Crippen molar-refractivity contribution in [1.82, 2.24) is 20.1 Å². The van der Waals surface area contributed by atoms with Gasteiger partial charge < -0.3 is 15.7 Å². The Balaban J connectivity index is 2.11. The third-order valence-corrected chi connectivity index (χ3v) is 2.98. The lowest BCUT2D eigenvalue weighted by atomic mass is 9.90. The Morgan fingerprint density at radius 3 is 2.76 bits per heavy atom. The molecular formula is C9H13N5O3. The Kier molecular flexibility index (Phi) is 2.49. The maximum Gasteiger partial charge on any atom is 0.311 e. The molecular weight excluding hydrogens is 226 g/mol. The normalized spacial score (nSPS) is 23.9. The van der Waals surface area contributed by atoms with Crippen LogP contribution in [0, 0.1) is 5.41 Å². The zero-order valence-electron chi connectivity index (χ0n) is 9.30. The van der Waals surface area contributed by atoms with Gasteiger partial charge in [0, 0.05) is 13.1 Å². The van der Waals surface area contributed by atoms with Gasteiger partial charge in [-0.3, -0.25) is 14.7 Å². The fourth-order valence-electron chi connectivity index (χ4n) is 1.83. The summed E-state index contributed by atoms with van der Waals surface area (Å²) in [5.74, 6) is -1.24. The first kappa shape index (κ1) is 11.4. The molecule has 2 heterocycles. The summed E-state index contributed by atoms with van der Waals surface area (Å²) >= 11 is 0. The molecule has 8 heteroatoms. The summed E-state index contributed by atoms with van der Waals surface area (Å²) in [6.45, 7) is 2.18. The second-order valence-corrected chi connectivity index (χ2v) is 4.38. The largest absolute Gasteiger partial charge is 0.481 e. The van der Waals surface area contributed by atoms with Gasteiger partial charge in [-0.2, -0.15) is 4.98 Å². The van der Waals surface area contributed by atoms with Crippen LogP contribution < -0.4 is 5.73 Å². The number of nitrogens with two attached hydrogens (primary N) is 1. The monoisotopic (exact) mass is 239 g/mol. The van der Waals surface area contributed by atoms with Gasteiger partial charge in [0.25, 0.3) is 5.91 Å². The van der Waals surface area contributed by atoms with Gasteiger partial charge in [0.05, 0.1) is 5.41 Å². The third-order valence-electron chi connectivity index (χ3n) is 2.98. The highest BCUT2D eigenvalue weighted by atomic mass is 16.4. The highest BCUT2D eigenvalue weighted by Crippen LogP contribution is 2.30. The van der Waals surface area contributed by atoms with Crippen LogP contribution in [0.1, 0.15) is 24.0 Å². The van der Waals surface area contributed by atoms with Crippen LogP contribution >= 0.6 is 0 Å². The molecule has 1 amide bonds. The van der Waals surface area contributed by atoms with Gasteiger partial charge in [-0.15, -0.1) is 5.10 Å². The molecule has 2 rings (SSSR count). The van der Waals surface area contributed by atoms with Crippen molar-refractivity contribution in [2.45, 2.75) is 13.3 Å². The number of carboxylic acids is 1. The summed E-state index contributed by atoms with van der Waals surface area (Å²) in [5.41, 5.74) is 4.41. The molecule has 0 radical (unpaired) electrons. The van der Waals surface area contributed by atoms with Gasteiger partial charge in [-0.25, -0.2) is 0 Å². The van der Waals surface area contributed by atoms with E-state index < -0.39 is 11.4 Å². The number of hydrogen-bond donors (Lipinski definition) is 3. The van der Waals surface area contributed by atoms with Crippen LogP contribution in [0.15, 0.2) is 0 Å². The fourth-order valence-corrected chi connectivity index (χ4v) is 1.83. The number of carbonyl (C=O) groups is 2. The molecule has 17 heavy (non-hydrogen) atoms. The number of aliphatic carboxylic acids is 1. The van der Waals surface area contributed by atoms with Crippen LogP contribution in [0.4, 0.5) is 5.95 Å². The second kappa shape index (κ2) is 3.72. The lowest BCUT2D eigenvalue weighted by Crippen LogP contribution is -2.35. The fraction of sp³-hybridized carbons (Fsp3) is 0.556. The minimum Gasteiger partial charge on any atom is -0.481 e. The van der Waals surface area contributed by atoms with Gasteiger partial charge in [0.2, 0.25) is 11.8 Å². The number of rotatable bonds is 2. The van der Waals surface area contributed by atoms with Crippen LogP contribution in [0.2, 0.25) is 0 Å². The molecule has 1 aliphatic rings. The summed E-state index contributed by atoms with van der Waals surface area (Å²) in [4.78, 5) is 28.1. The van der Waals surface area contributed by atoms with E-state index in [0.717, 1.165) is 0 Å². The van der Waals surface area contributed by atoms with E-state index in [0.29, 0.717) is 13.0 Å². The number of nitrogens with zero attached hydrogens (tertiary/aromatic N) is 3. The van der Waals surface area contributed by atoms with Crippen molar-refractivity contribution in [1.29, 1.82) is 0 Å². The van der Waals surface area contributed by atoms with E-state index in [2.05, 4.69) is 15.2 Å². The minimum atomic E-state index is -0.898. The molecule has 8 nitrogen and oxygen atoms in total. The second-order valence-electron chi connectivity index (χ2n) is 4.38. The van der Waals surface area contributed by atoms with Crippen molar-refractivity contribution in [2.24, 2.45) is 5.41 Å². The van der Waals surface area contributed by atoms with E-state index in [1.165, 1.54) is 4.90 Å². The summed E-state index contributed by atoms with van der Waals surface area (Å²) in [6, 6.07) is 0. The Hall–Kier alpha value is -2.12. The number of aromatic nitrogens is 3. The average molecular weight is 239 g/mol. The maximum absolute atomic E-state index is 11.9. The maximum atomic E-state index is 11.9. The highest BCUT2D eigenvalue weighted by Gasteiger charge is 2.42. The van der Waals surface area contributed by atoms with Gasteiger partial charge >= 0.3 is 5.97 Å². The standard InChI is InChI=1S/C9H13N5O3/c1-9(7(16)17)2-3-14(4-9)6(15)5-11-8(10)13-12-5/h2-4H2,1H3,(H,16,17)(H3,10,11,12,13). The Morgan fingerprint density at radius 1 is 1.59 bits per heavy atom. The van der Waals surface area contributed by atoms with Gasteiger partial charge in [0.1, 0.15) is 0 Å². The molecule has 1 saturated heterocycles. The molecule has 0 bridgehead atoms. The SMILES string of the molecule is CC1(C(=O)O)CCN(C(=O)c2nc(N)n[nH]2)C1. The van der Waals surface area contributed by atoms with Gasteiger partial charge in [0.15, 0.2) is 0 Å². The minimum absolute atomic E-state index is 0.00598. The van der Waals surface area contributed by atoms with Crippen molar-refractivity contribution in [3.63, 3.8) is 0 Å². The molecule has 0 spiro atoms. The van der Waals surface area contributed by atoms with Crippen LogP contribution in [0.5, 0.6) is 0 Å². The molecule has 0 aliphatic carbocycles. The van der Waals surface area contributed by atoms with E-state index in [-0.39, 0.29) is 24.2 Å². The van der Waals surface area contributed by atoms with Crippen molar-refractivity contribution < 1.29 is 14.7 Å². The van der Waals surface area contributed by atoms with Crippen LogP contribution in [0.3, 0.4) is 0 Å². The number of carbonyl (C=O) groups excluding carboxylic acids is 1. The lowest BCUT2D eigenvalue weighted by molar-refractivity contribution is -0.147. The smallest absolute Gasteiger partial charge is 0.311 e. The van der Waals surface area contributed by atoms with Crippen molar-refractivity contribution in [3.8, 4) is 0 Å². The zero-order valence-corrected chi connectivity index (χ0v) is 9.30. The number of anilines is 1. The average Bonchev–Trinajstić information content (AvgIpc) is 2.85. The first-order valence-corrected chi connectivity index (χ1v) is 5.13. The van der Waals surface area contributed by atoms with Crippen LogP contribution in [-0.2, 0) is 4.79 Å². The molecule has 1 aliphatic heterocycles. The molecule has 1 aromatic rings. The van der Waals surface area contributed by atoms with E-state index in [9.17, 15) is 9.59 Å². The highest BCUT2D eigenvalue weighted by molar-refractivity contribution is 5.91. The number of hydrogen-bond acceptors (Lipinski definition) is 5. The quantitative estimate of drug-likeness (QED) is 0.628. The van der Waals surface area contributed by atoms with Crippen LogP contribution in [0.25, 0.3) is 0 Å². The Morgan fingerprint density at radius 2 is 2.29 bits per heavy atom. The van der Waals surface area contributed by atoms with E-state index in [1.54, 1.807) is 6.92 Å². The summed E-state index contributed by atoms with van der Waals surface area (Å²) in [6.07, 6.45) is 0.428. The van der Waals surface area contributed by atoms with Gasteiger partial charge in [-0.05, 0) is 13.3 Å². The molecule has 4 N–H and O–H groups in total. The Labute approximate surface area is 96.8 Å². The number of nitrogen functional groups attached to an aromatic ring is 1. The van der Waals surface area contributed by atoms with Crippen molar-refractivity contribution >= 4 is 17.8 Å². The number of nitrogens with one attached hydrogen (secondary N) is 1. The number of amides is 1. The molecule has 1 atom stereocenters. The predicted octanol–water partition coefficient (Wildman–Crippen LogP) is -0.676. The molecule has 1 unspecified atom stereocenters. The summed E-state index contributed by atoms with van der Waals surface area (Å²) in [5, 5.41) is 15.0. The number of H-pyrrole nitrogens is 1. The van der Waals surface area contributed by atoms with Gasteiger partial charge in [-0.1, -0.05) is 0 Å². The van der Waals surface area contributed by atoms with E-state index in [4.69, 9.17) is 10.8 Å². The van der Waals surface area contributed by atoms with Crippen molar-refractivity contribution in [2.75, 3.05) is 18.8 Å². The van der Waals surface area contributed by atoms with E-state index in [1.807, 2.05) is 0 Å². The molecule has 92 valence electrons. The predicted molar refractivity (Wildman–Crippen MR) is 57.1 cm³/mol. The third kappa shape index (κ3) is 1.93. The first-order valence-electron chi connectivity index (χ1n) is 5.13. The number of likely N-dealkylation sites (tertiary alicyclic amines) is 1. The molecule has 0 saturated carbocycles. The molecule has 1 aromatic heterocycles. The number of carboxylic acid groups (broad SMARTS) is 1. The Bertz CT molecular complexity index is 471. The topological polar surface area (TPSA) is 125 Å². The molecule has 1 fully saturated rings. The summed E-state index contributed by atoms with van der Waals surface area (Å²) in [7, 11) is 0. The number of aromatic amines is 1. The first-order chi connectivity index (χ1) is 7.92.